The molecule has 7 heteroatoms. The van der Waals surface area contributed by atoms with Crippen LogP contribution in [0.2, 0.25) is 0 Å². The first kappa shape index (κ1) is 13.3. The van der Waals surface area contributed by atoms with Gasteiger partial charge in [-0.2, -0.15) is 10.4 Å². The third kappa shape index (κ3) is 4.02. The molecule has 0 radical (unpaired) electrons. The molecular formula is C11H13N5O2. The zero-order chi connectivity index (χ0) is 13.4. The first-order chi connectivity index (χ1) is 8.67. The fourth-order valence-corrected chi connectivity index (χ4v) is 1.16. The Kier molecular flexibility index (Phi) is 4.99. The molecule has 0 spiro atoms. The average Bonchev–Trinajstić information content (AvgIpc) is 2.36. The van der Waals surface area contributed by atoms with Crippen molar-refractivity contribution >= 4 is 12.2 Å². The van der Waals surface area contributed by atoms with Crippen LogP contribution in [0.3, 0.4) is 0 Å². The maximum atomic E-state index is 8.44. The monoisotopic (exact) mass is 247 g/mol. The molecule has 4 N–H and O–H groups in total. The molecule has 1 rings (SSSR count). The zero-order valence-electron chi connectivity index (χ0n) is 9.83. The molecule has 0 aromatic heterocycles. The molecule has 0 aliphatic carbocycles. The van der Waals surface area contributed by atoms with Gasteiger partial charge in [-0.3, -0.25) is 0 Å². The second-order valence-electron chi connectivity index (χ2n) is 3.13. The summed E-state index contributed by atoms with van der Waals surface area (Å²) in [7, 11) is 1.51. The molecule has 0 saturated heterocycles. The van der Waals surface area contributed by atoms with Gasteiger partial charge in [0, 0.05) is 0 Å². The van der Waals surface area contributed by atoms with Crippen LogP contribution in [-0.4, -0.2) is 25.9 Å². The van der Waals surface area contributed by atoms with Crippen molar-refractivity contribution in [3.63, 3.8) is 0 Å². The second kappa shape index (κ2) is 6.75. The molecule has 0 heterocycles. The van der Waals surface area contributed by atoms with Crippen molar-refractivity contribution in [1.29, 1.82) is 5.26 Å². The highest BCUT2D eigenvalue weighted by atomic mass is 16.5. The average molecular weight is 247 g/mol. The lowest BCUT2D eigenvalue weighted by atomic mass is 10.2. The van der Waals surface area contributed by atoms with E-state index in [1.807, 2.05) is 6.07 Å². The predicted octanol–water partition coefficient (Wildman–Crippen LogP) is 0.205. The van der Waals surface area contributed by atoms with Crippen molar-refractivity contribution in [2.45, 2.75) is 0 Å². The van der Waals surface area contributed by atoms with Gasteiger partial charge in [0.1, 0.15) is 6.07 Å². The molecule has 18 heavy (non-hydrogen) atoms. The molecule has 0 bridgehead atoms. The lowest BCUT2D eigenvalue weighted by molar-refractivity contribution is 0.329. The minimum atomic E-state index is -0.118. The summed E-state index contributed by atoms with van der Waals surface area (Å²) in [6.07, 6.45) is 1.47. The van der Waals surface area contributed by atoms with Crippen LogP contribution in [0.4, 0.5) is 0 Å². The van der Waals surface area contributed by atoms with Crippen LogP contribution in [-0.2, 0) is 0 Å². The molecule has 7 nitrogen and oxygen atoms in total. The van der Waals surface area contributed by atoms with Crippen LogP contribution in [0, 0.1) is 11.3 Å². The normalized spacial score (nSPS) is 9.78. The minimum absolute atomic E-state index is 0.0439. The topological polar surface area (TPSA) is 119 Å². The number of nitriles is 1. The van der Waals surface area contributed by atoms with E-state index in [1.165, 1.54) is 13.3 Å². The van der Waals surface area contributed by atoms with Crippen molar-refractivity contribution < 1.29 is 9.47 Å². The lowest BCUT2D eigenvalue weighted by Crippen LogP contribution is -2.21. The predicted molar refractivity (Wildman–Crippen MR) is 67.5 cm³/mol. The number of benzene rings is 1. The number of hydrogen-bond donors (Lipinski definition) is 2. The van der Waals surface area contributed by atoms with E-state index < -0.39 is 0 Å². The van der Waals surface area contributed by atoms with Crippen molar-refractivity contribution in [2.24, 2.45) is 21.7 Å². The molecule has 0 unspecified atom stereocenters. The van der Waals surface area contributed by atoms with Gasteiger partial charge in [-0.25, -0.2) is 0 Å². The van der Waals surface area contributed by atoms with Gasteiger partial charge in [-0.05, 0) is 23.8 Å². The van der Waals surface area contributed by atoms with Crippen LogP contribution in [0.5, 0.6) is 11.5 Å². The molecule has 0 saturated carbocycles. The Morgan fingerprint density at radius 2 is 2.22 bits per heavy atom. The number of guanidine groups is 1. The number of methoxy groups -OCH3 is 1. The van der Waals surface area contributed by atoms with Crippen LogP contribution in [0.15, 0.2) is 28.4 Å². The van der Waals surface area contributed by atoms with Gasteiger partial charge >= 0.3 is 0 Å². The standard InChI is InChI=1S/C11H13N5O2/c1-17-10-6-8(7-15-16-11(13)14)2-3-9(10)18-5-4-12/h2-3,6-7H,5H2,1H3,(H4,13,14,16)/b15-7-. The number of rotatable bonds is 5. The van der Waals surface area contributed by atoms with E-state index in [9.17, 15) is 0 Å². The van der Waals surface area contributed by atoms with Crippen LogP contribution >= 0.6 is 0 Å². The molecular weight excluding hydrogens is 234 g/mol. The second-order valence-corrected chi connectivity index (χ2v) is 3.13. The molecule has 0 fully saturated rings. The zero-order valence-corrected chi connectivity index (χ0v) is 9.83. The third-order valence-electron chi connectivity index (χ3n) is 1.86. The summed E-state index contributed by atoms with van der Waals surface area (Å²) in [6.45, 7) is -0.0439. The number of ether oxygens (including phenoxy) is 2. The van der Waals surface area contributed by atoms with Gasteiger partial charge < -0.3 is 20.9 Å². The molecule has 0 atom stereocenters. The van der Waals surface area contributed by atoms with Gasteiger partial charge in [-0.15, -0.1) is 5.10 Å². The summed E-state index contributed by atoms with van der Waals surface area (Å²) in [5, 5.41) is 15.6. The highest BCUT2D eigenvalue weighted by Crippen LogP contribution is 2.27. The smallest absolute Gasteiger partial charge is 0.211 e. The van der Waals surface area contributed by atoms with Crippen LogP contribution in [0.1, 0.15) is 5.56 Å². The van der Waals surface area contributed by atoms with E-state index in [4.69, 9.17) is 26.2 Å². The first-order valence-corrected chi connectivity index (χ1v) is 4.97. The third-order valence-corrected chi connectivity index (χ3v) is 1.86. The Morgan fingerprint density at radius 1 is 1.44 bits per heavy atom. The summed E-state index contributed by atoms with van der Waals surface area (Å²) < 4.78 is 10.3. The molecule has 0 aliphatic rings. The van der Waals surface area contributed by atoms with Crippen molar-refractivity contribution in [3.8, 4) is 17.6 Å². The van der Waals surface area contributed by atoms with Gasteiger partial charge in [0.15, 0.2) is 18.1 Å². The first-order valence-electron chi connectivity index (χ1n) is 4.97. The van der Waals surface area contributed by atoms with Crippen LogP contribution in [0.25, 0.3) is 0 Å². The fourth-order valence-electron chi connectivity index (χ4n) is 1.16. The van der Waals surface area contributed by atoms with E-state index in [0.717, 1.165) is 5.56 Å². The fraction of sp³-hybridized carbons (Fsp3) is 0.182. The maximum absolute atomic E-state index is 8.44. The largest absolute Gasteiger partial charge is 0.493 e. The Morgan fingerprint density at radius 3 is 2.83 bits per heavy atom. The van der Waals surface area contributed by atoms with Gasteiger partial charge in [0.05, 0.1) is 13.3 Å². The van der Waals surface area contributed by atoms with E-state index >= 15 is 0 Å². The summed E-state index contributed by atoms with van der Waals surface area (Å²) in [4.78, 5) is 0. The van der Waals surface area contributed by atoms with Crippen LogP contribution < -0.4 is 20.9 Å². The van der Waals surface area contributed by atoms with Crippen molar-refractivity contribution in [1.82, 2.24) is 0 Å². The Labute approximate surface area is 104 Å². The number of hydrogen-bond acceptors (Lipinski definition) is 5. The summed E-state index contributed by atoms with van der Waals surface area (Å²) in [6, 6.07) is 6.98. The van der Waals surface area contributed by atoms with E-state index in [0.29, 0.717) is 11.5 Å². The summed E-state index contributed by atoms with van der Waals surface area (Å²) in [5.74, 6) is 0.865. The minimum Gasteiger partial charge on any atom is -0.493 e. The molecule has 0 amide bonds. The SMILES string of the molecule is COc1cc(/C=N\N=C(N)N)ccc1OCC#N. The quantitative estimate of drug-likeness (QED) is 0.437. The van der Waals surface area contributed by atoms with Gasteiger partial charge in [0.25, 0.3) is 0 Å². The number of nitrogens with two attached hydrogens (primary N) is 2. The highest BCUT2D eigenvalue weighted by Gasteiger charge is 2.04. The lowest BCUT2D eigenvalue weighted by Gasteiger charge is -2.08. The van der Waals surface area contributed by atoms with Gasteiger partial charge in [0.2, 0.25) is 5.96 Å². The molecule has 1 aromatic rings. The molecule has 1 aromatic carbocycles. The van der Waals surface area contributed by atoms with E-state index in [1.54, 1.807) is 18.2 Å². The van der Waals surface area contributed by atoms with Crippen molar-refractivity contribution in [3.05, 3.63) is 23.8 Å². The Hall–Kier alpha value is -2.75. The molecule has 94 valence electrons. The Balaban J connectivity index is 2.88. The summed E-state index contributed by atoms with van der Waals surface area (Å²) in [5.41, 5.74) is 11.0. The Bertz CT molecular complexity index is 501. The molecule has 0 aliphatic heterocycles. The summed E-state index contributed by atoms with van der Waals surface area (Å²) >= 11 is 0. The van der Waals surface area contributed by atoms with Crippen molar-refractivity contribution in [2.75, 3.05) is 13.7 Å². The van der Waals surface area contributed by atoms with Gasteiger partial charge in [-0.1, -0.05) is 0 Å². The van der Waals surface area contributed by atoms with E-state index in [-0.39, 0.29) is 12.6 Å². The number of nitrogens with zero attached hydrogens (tertiary/aromatic N) is 3. The van der Waals surface area contributed by atoms with E-state index in [2.05, 4.69) is 10.2 Å². The highest BCUT2D eigenvalue weighted by molar-refractivity contribution is 5.82. The maximum Gasteiger partial charge on any atom is 0.211 e.